The molecule has 0 spiro atoms. The molecule has 3 rings (SSSR count). The van der Waals surface area contributed by atoms with E-state index in [4.69, 9.17) is 9.47 Å². The highest BCUT2D eigenvalue weighted by Crippen LogP contribution is 2.22. The largest absolute Gasteiger partial charge is 0.493 e. The second kappa shape index (κ2) is 9.92. The molecule has 1 N–H and O–H groups in total. The first-order valence-electron chi connectivity index (χ1n) is 9.08. The maximum absolute atomic E-state index is 11.9. The van der Waals surface area contributed by atoms with Gasteiger partial charge >= 0.3 is 0 Å². The molecule has 0 aliphatic heterocycles. The number of rotatable bonds is 8. The zero-order valence-electron chi connectivity index (χ0n) is 15.7. The number of carbonyl (C=O) groups is 1. The number of nitrogens with zero attached hydrogens (tertiary/aromatic N) is 1. The van der Waals surface area contributed by atoms with Crippen molar-refractivity contribution in [2.75, 3.05) is 13.2 Å². The SMILES string of the molecule is CCOc1ccccc1/C=N/NC(=O)COc1ccc(-c2ccccc2)cc1. The van der Waals surface area contributed by atoms with E-state index in [1.165, 1.54) is 0 Å². The van der Waals surface area contributed by atoms with Crippen LogP contribution >= 0.6 is 0 Å². The molecule has 5 heteroatoms. The van der Waals surface area contributed by atoms with Crippen molar-refractivity contribution in [1.29, 1.82) is 0 Å². The molecule has 3 aromatic carbocycles. The van der Waals surface area contributed by atoms with Gasteiger partial charge in [0.05, 0.1) is 12.8 Å². The Balaban J connectivity index is 1.49. The number of carbonyl (C=O) groups excluding carboxylic acids is 1. The van der Waals surface area contributed by atoms with Gasteiger partial charge in [-0.15, -0.1) is 0 Å². The lowest BCUT2D eigenvalue weighted by Crippen LogP contribution is -2.24. The Morgan fingerprint density at radius 2 is 1.57 bits per heavy atom. The highest BCUT2D eigenvalue weighted by molar-refractivity contribution is 5.85. The van der Waals surface area contributed by atoms with Crippen LogP contribution in [0.15, 0.2) is 84.0 Å². The van der Waals surface area contributed by atoms with Crippen LogP contribution in [0.1, 0.15) is 12.5 Å². The van der Waals surface area contributed by atoms with Crippen LogP contribution in [0.3, 0.4) is 0 Å². The third-order valence-electron chi connectivity index (χ3n) is 3.94. The Morgan fingerprint density at radius 1 is 0.893 bits per heavy atom. The molecule has 142 valence electrons. The topological polar surface area (TPSA) is 59.9 Å². The predicted molar refractivity (Wildman–Crippen MR) is 111 cm³/mol. The van der Waals surface area contributed by atoms with Crippen LogP contribution in [0.5, 0.6) is 11.5 Å². The fourth-order valence-corrected chi connectivity index (χ4v) is 2.60. The monoisotopic (exact) mass is 374 g/mol. The van der Waals surface area contributed by atoms with E-state index in [0.717, 1.165) is 22.4 Å². The maximum Gasteiger partial charge on any atom is 0.277 e. The van der Waals surface area contributed by atoms with Gasteiger partial charge in [-0.1, -0.05) is 54.6 Å². The van der Waals surface area contributed by atoms with E-state index < -0.39 is 0 Å². The Kier molecular flexibility index (Phi) is 6.79. The van der Waals surface area contributed by atoms with Crippen LogP contribution in [-0.2, 0) is 4.79 Å². The first-order chi connectivity index (χ1) is 13.8. The maximum atomic E-state index is 11.9. The highest BCUT2D eigenvalue weighted by Gasteiger charge is 2.03. The van der Waals surface area contributed by atoms with E-state index in [2.05, 4.69) is 10.5 Å². The van der Waals surface area contributed by atoms with Crippen LogP contribution in [-0.4, -0.2) is 25.3 Å². The summed E-state index contributed by atoms with van der Waals surface area (Å²) in [7, 11) is 0. The summed E-state index contributed by atoms with van der Waals surface area (Å²) in [5.41, 5.74) is 5.48. The van der Waals surface area contributed by atoms with Crippen LogP contribution in [0.4, 0.5) is 0 Å². The molecule has 0 atom stereocenters. The summed E-state index contributed by atoms with van der Waals surface area (Å²) < 4.78 is 11.0. The van der Waals surface area contributed by atoms with E-state index in [9.17, 15) is 4.79 Å². The molecule has 5 nitrogen and oxygen atoms in total. The lowest BCUT2D eigenvalue weighted by Gasteiger charge is -2.07. The minimum absolute atomic E-state index is 0.116. The summed E-state index contributed by atoms with van der Waals surface area (Å²) in [6, 6.07) is 25.2. The van der Waals surface area contributed by atoms with Gasteiger partial charge in [0.25, 0.3) is 5.91 Å². The molecule has 0 aliphatic rings. The van der Waals surface area contributed by atoms with E-state index in [0.29, 0.717) is 12.4 Å². The molecule has 0 saturated carbocycles. The molecule has 0 fully saturated rings. The molecule has 0 bridgehead atoms. The smallest absolute Gasteiger partial charge is 0.277 e. The molecule has 0 radical (unpaired) electrons. The molecule has 3 aromatic rings. The summed E-state index contributed by atoms with van der Waals surface area (Å²) >= 11 is 0. The van der Waals surface area contributed by atoms with Crippen LogP contribution in [0.2, 0.25) is 0 Å². The molecule has 0 aromatic heterocycles. The van der Waals surface area contributed by atoms with Crippen molar-refractivity contribution in [3.8, 4) is 22.6 Å². The van der Waals surface area contributed by atoms with Crippen LogP contribution in [0.25, 0.3) is 11.1 Å². The van der Waals surface area contributed by atoms with Crippen molar-refractivity contribution in [1.82, 2.24) is 5.43 Å². The van der Waals surface area contributed by atoms with Crippen molar-refractivity contribution in [3.05, 3.63) is 84.4 Å². The average Bonchev–Trinajstić information content (AvgIpc) is 2.75. The summed E-state index contributed by atoms with van der Waals surface area (Å²) in [6.07, 6.45) is 1.55. The van der Waals surface area contributed by atoms with Crippen molar-refractivity contribution in [3.63, 3.8) is 0 Å². The minimum Gasteiger partial charge on any atom is -0.493 e. The Hall–Kier alpha value is -3.60. The highest BCUT2D eigenvalue weighted by atomic mass is 16.5. The zero-order valence-corrected chi connectivity index (χ0v) is 15.7. The Morgan fingerprint density at radius 3 is 2.32 bits per heavy atom. The number of amides is 1. The number of hydrogen-bond donors (Lipinski definition) is 1. The fraction of sp³-hybridized carbons (Fsp3) is 0.130. The van der Waals surface area contributed by atoms with Gasteiger partial charge in [0.1, 0.15) is 11.5 Å². The Labute approximate surface area is 164 Å². The van der Waals surface area contributed by atoms with Gasteiger partial charge in [0, 0.05) is 5.56 Å². The Bertz CT molecular complexity index is 922. The quantitative estimate of drug-likeness (QED) is 0.473. The average molecular weight is 374 g/mol. The van der Waals surface area contributed by atoms with Gasteiger partial charge in [-0.05, 0) is 42.3 Å². The van der Waals surface area contributed by atoms with Crippen molar-refractivity contribution in [2.24, 2.45) is 5.10 Å². The molecule has 1 amide bonds. The molecular weight excluding hydrogens is 352 g/mol. The van der Waals surface area contributed by atoms with Gasteiger partial charge in [-0.25, -0.2) is 5.43 Å². The molecule has 0 aliphatic carbocycles. The third-order valence-corrected chi connectivity index (χ3v) is 3.94. The van der Waals surface area contributed by atoms with Gasteiger partial charge in [0.2, 0.25) is 0 Å². The molecule has 0 heterocycles. The zero-order chi connectivity index (χ0) is 19.6. The number of benzene rings is 3. The van der Waals surface area contributed by atoms with E-state index in [-0.39, 0.29) is 12.5 Å². The lowest BCUT2D eigenvalue weighted by molar-refractivity contribution is -0.123. The van der Waals surface area contributed by atoms with E-state index in [1.807, 2.05) is 85.8 Å². The van der Waals surface area contributed by atoms with Gasteiger partial charge in [0.15, 0.2) is 6.61 Å². The number of hydrogen-bond acceptors (Lipinski definition) is 4. The van der Waals surface area contributed by atoms with Crippen LogP contribution < -0.4 is 14.9 Å². The summed E-state index contributed by atoms with van der Waals surface area (Å²) in [5.74, 6) is 1.01. The number of nitrogens with one attached hydrogen (secondary N) is 1. The van der Waals surface area contributed by atoms with Crippen molar-refractivity contribution in [2.45, 2.75) is 6.92 Å². The van der Waals surface area contributed by atoms with E-state index >= 15 is 0 Å². The van der Waals surface area contributed by atoms with Crippen LogP contribution in [0, 0.1) is 0 Å². The second-order valence-electron chi connectivity index (χ2n) is 5.94. The van der Waals surface area contributed by atoms with E-state index in [1.54, 1.807) is 6.21 Å². The predicted octanol–water partition coefficient (Wildman–Crippen LogP) is 4.28. The first kappa shape index (κ1) is 19.2. The van der Waals surface area contributed by atoms with Crippen molar-refractivity contribution < 1.29 is 14.3 Å². The normalized spacial score (nSPS) is 10.6. The minimum atomic E-state index is -0.336. The summed E-state index contributed by atoms with van der Waals surface area (Å²) in [4.78, 5) is 11.9. The molecular formula is C23H22N2O3. The fourth-order valence-electron chi connectivity index (χ4n) is 2.60. The lowest BCUT2D eigenvalue weighted by atomic mass is 10.1. The third kappa shape index (κ3) is 5.45. The van der Waals surface area contributed by atoms with Gasteiger partial charge in [-0.3, -0.25) is 4.79 Å². The molecule has 28 heavy (non-hydrogen) atoms. The first-order valence-corrected chi connectivity index (χ1v) is 9.08. The molecule has 0 unspecified atom stereocenters. The number of hydrazone groups is 1. The standard InChI is InChI=1S/C23H22N2O3/c1-2-27-22-11-7-6-10-20(22)16-24-25-23(26)17-28-21-14-12-19(13-15-21)18-8-4-3-5-9-18/h3-16H,2,17H2,1H3,(H,25,26)/b24-16+. The van der Waals surface area contributed by atoms with Crippen molar-refractivity contribution >= 4 is 12.1 Å². The van der Waals surface area contributed by atoms with Gasteiger partial charge in [-0.2, -0.15) is 5.10 Å². The summed E-state index contributed by atoms with van der Waals surface area (Å²) in [6.45, 7) is 2.36. The number of ether oxygens (including phenoxy) is 2. The second-order valence-corrected chi connectivity index (χ2v) is 5.94. The molecule has 0 saturated heterocycles. The summed E-state index contributed by atoms with van der Waals surface area (Å²) in [5, 5.41) is 3.97. The van der Waals surface area contributed by atoms with Gasteiger partial charge < -0.3 is 9.47 Å². The number of para-hydroxylation sites is 1.